The zero-order valence-electron chi connectivity index (χ0n) is 17.0. The summed E-state index contributed by atoms with van der Waals surface area (Å²) in [5.74, 6) is -0.793. The molecule has 0 aliphatic rings. The Labute approximate surface area is 175 Å². The van der Waals surface area contributed by atoms with Gasteiger partial charge >= 0.3 is 6.18 Å². The molecule has 4 nitrogen and oxygen atoms in total. The van der Waals surface area contributed by atoms with Crippen LogP contribution in [-0.4, -0.2) is 34.5 Å². The molecule has 11 heteroatoms. The largest absolute Gasteiger partial charge is 0.413 e. The first-order chi connectivity index (χ1) is 12.3. The Balaban J connectivity index is 3.48. The molecule has 0 amide bonds. The van der Waals surface area contributed by atoms with Crippen molar-refractivity contribution in [3.8, 4) is 0 Å². The first-order valence-electron chi connectivity index (χ1n) is 8.62. The van der Waals surface area contributed by atoms with Crippen LogP contribution in [0.3, 0.4) is 0 Å². The molecule has 1 aromatic rings. The number of nitrogens with zero attached hydrogens (tertiary/aromatic N) is 1. The second-order valence-corrected chi connectivity index (χ2v) is 16.0. The minimum Gasteiger partial charge on any atom is -0.406 e. The average molecular weight is 507 g/mol. The first kappa shape index (κ1) is 25.7. The molecule has 1 rings (SSSR count). The van der Waals surface area contributed by atoms with Crippen LogP contribution in [0.2, 0.25) is 19.6 Å². The van der Waals surface area contributed by atoms with Crippen molar-refractivity contribution >= 4 is 35.2 Å². The number of halogens is 5. The maximum atomic E-state index is 14.6. The molecule has 0 radical (unpaired) electrons. The van der Waals surface area contributed by atoms with Crippen LogP contribution in [0.5, 0.6) is 0 Å². The molecule has 28 heavy (non-hydrogen) atoms. The van der Waals surface area contributed by atoms with Crippen LogP contribution in [0.4, 0.5) is 17.6 Å². The van der Waals surface area contributed by atoms with Gasteiger partial charge in [-0.05, 0) is 75.4 Å². The van der Waals surface area contributed by atoms with Crippen molar-refractivity contribution in [3.05, 3.63) is 28.2 Å². The quantitative estimate of drug-likeness (QED) is 0.305. The van der Waals surface area contributed by atoms with Gasteiger partial charge in [-0.3, -0.25) is 0 Å². The molecule has 0 fully saturated rings. The summed E-state index contributed by atoms with van der Waals surface area (Å²) in [6.45, 7) is 11.3. The van der Waals surface area contributed by atoms with Crippen LogP contribution in [-0.2, 0) is 21.0 Å². The van der Waals surface area contributed by atoms with Crippen molar-refractivity contribution in [2.45, 2.75) is 76.3 Å². The van der Waals surface area contributed by atoms with E-state index in [0.29, 0.717) is 0 Å². The summed E-state index contributed by atoms with van der Waals surface area (Å²) >= 11 is 3.12. The number of hydrogen-bond acceptors (Lipinski definition) is 3. The standard InChI is InChI=1S/C17H27BrF4N2O2SSi/c1-15(2,3)27(25)24-16(4,14-11(19)8-9-13(18)23-14)10-12(17(20,21)22)26-28(5,6)7/h8-9,12,24H,10H2,1-7H3/t12-,16-,27?/m0/s1. The van der Waals surface area contributed by atoms with Crippen molar-refractivity contribution in [2.75, 3.05) is 0 Å². The number of hydrogen-bond donors (Lipinski definition) is 1. The third kappa shape index (κ3) is 7.47. The Morgan fingerprint density at radius 3 is 2.18 bits per heavy atom. The van der Waals surface area contributed by atoms with Gasteiger partial charge in [0.05, 0.1) is 27.0 Å². The molecule has 0 bridgehead atoms. The third-order valence-electron chi connectivity index (χ3n) is 3.66. The highest BCUT2D eigenvalue weighted by Gasteiger charge is 2.49. The van der Waals surface area contributed by atoms with Crippen LogP contribution in [0.1, 0.15) is 39.8 Å². The molecule has 1 aromatic heterocycles. The molecule has 1 heterocycles. The third-order valence-corrected chi connectivity index (χ3v) is 6.84. The van der Waals surface area contributed by atoms with E-state index < -0.39 is 54.1 Å². The summed E-state index contributed by atoms with van der Waals surface area (Å²) < 4.78 is 75.9. The van der Waals surface area contributed by atoms with Gasteiger partial charge in [-0.15, -0.1) is 0 Å². The minimum absolute atomic E-state index is 0.257. The van der Waals surface area contributed by atoms with Gasteiger partial charge in [-0.2, -0.15) is 13.2 Å². The van der Waals surface area contributed by atoms with E-state index in [4.69, 9.17) is 4.43 Å². The predicted octanol–water partition coefficient (Wildman–Crippen LogP) is 5.42. The van der Waals surface area contributed by atoms with E-state index in [1.807, 2.05) is 0 Å². The molecule has 0 aromatic carbocycles. The molecular weight excluding hydrogens is 480 g/mol. The van der Waals surface area contributed by atoms with E-state index in [1.54, 1.807) is 40.4 Å². The maximum Gasteiger partial charge on any atom is 0.413 e. The van der Waals surface area contributed by atoms with Gasteiger partial charge in [-0.1, -0.05) is 0 Å². The Bertz CT molecular complexity index is 723. The molecule has 0 spiro atoms. The van der Waals surface area contributed by atoms with Crippen LogP contribution in [0, 0.1) is 5.82 Å². The van der Waals surface area contributed by atoms with Gasteiger partial charge in [-0.25, -0.2) is 18.3 Å². The SMILES string of the molecule is CC(C)(C)S(=O)N[C@@](C)(C[C@H](O[Si](C)(C)C)C(F)(F)F)c1nc(Br)ccc1F. The second kappa shape index (κ2) is 8.79. The Morgan fingerprint density at radius 1 is 1.21 bits per heavy atom. The highest BCUT2D eigenvalue weighted by Crippen LogP contribution is 2.37. The molecule has 162 valence electrons. The molecule has 0 aliphatic heterocycles. The van der Waals surface area contributed by atoms with Crippen LogP contribution >= 0.6 is 15.9 Å². The van der Waals surface area contributed by atoms with E-state index in [-0.39, 0.29) is 10.3 Å². The molecule has 3 atom stereocenters. The Hall–Kier alpha value is -0.363. The van der Waals surface area contributed by atoms with Crippen LogP contribution < -0.4 is 4.72 Å². The summed E-state index contributed by atoms with van der Waals surface area (Å²) in [5.41, 5.74) is -1.95. The van der Waals surface area contributed by atoms with E-state index in [9.17, 15) is 21.8 Å². The van der Waals surface area contributed by atoms with Crippen molar-refractivity contribution in [1.29, 1.82) is 0 Å². The molecule has 0 aliphatic carbocycles. The van der Waals surface area contributed by atoms with Crippen molar-refractivity contribution in [3.63, 3.8) is 0 Å². The fourth-order valence-corrected chi connectivity index (χ4v) is 4.65. The van der Waals surface area contributed by atoms with E-state index in [1.165, 1.54) is 13.0 Å². The number of aromatic nitrogens is 1. The first-order valence-corrected chi connectivity index (χ1v) is 14.0. The molecule has 1 N–H and O–H groups in total. The monoisotopic (exact) mass is 506 g/mol. The fourth-order valence-electron chi connectivity index (χ4n) is 2.37. The van der Waals surface area contributed by atoms with E-state index in [0.717, 1.165) is 6.07 Å². The topological polar surface area (TPSA) is 51.2 Å². The summed E-state index contributed by atoms with van der Waals surface area (Å²) in [6, 6.07) is 2.45. The number of alkyl halides is 3. The minimum atomic E-state index is -4.67. The van der Waals surface area contributed by atoms with Crippen molar-refractivity contribution in [2.24, 2.45) is 0 Å². The van der Waals surface area contributed by atoms with Gasteiger partial charge in [0.15, 0.2) is 8.32 Å². The summed E-state index contributed by atoms with van der Waals surface area (Å²) in [5, 5.41) is 0. The van der Waals surface area contributed by atoms with E-state index >= 15 is 0 Å². The summed E-state index contributed by atoms with van der Waals surface area (Å²) in [4.78, 5) is 4.04. The van der Waals surface area contributed by atoms with Crippen molar-refractivity contribution < 1.29 is 26.2 Å². The normalized spacial score (nSPS) is 17.9. The second-order valence-electron chi connectivity index (χ2n) is 8.74. The zero-order valence-corrected chi connectivity index (χ0v) is 20.4. The lowest BCUT2D eigenvalue weighted by Crippen LogP contribution is -2.52. The molecule has 0 saturated carbocycles. The smallest absolute Gasteiger partial charge is 0.406 e. The van der Waals surface area contributed by atoms with Crippen molar-refractivity contribution in [1.82, 2.24) is 9.71 Å². The number of nitrogens with one attached hydrogen (secondary N) is 1. The summed E-state index contributed by atoms with van der Waals surface area (Å²) in [7, 11) is -4.35. The molecule has 0 saturated heterocycles. The molecule has 1 unspecified atom stereocenters. The predicted molar refractivity (Wildman–Crippen MR) is 109 cm³/mol. The van der Waals surface area contributed by atoms with Gasteiger partial charge in [0.1, 0.15) is 16.5 Å². The summed E-state index contributed by atoms with van der Waals surface area (Å²) in [6.07, 6.45) is -7.51. The Kier molecular flexibility index (Phi) is 8.06. The van der Waals surface area contributed by atoms with Gasteiger partial charge in [0, 0.05) is 6.42 Å². The van der Waals surface area contributed by atoms with Gasteiger partial charge < -0.3 is 4.43 Å². The Morgan fingerprint density at radius 2 is 1.75 bits per heavy atom. The zero-order chi connectivity index (χ0) is 22.1. The highest BCUT2D eigenvalue weighted by atomic mass is 79.9. The number of rotatable bonds is 7. The average Bonchev–Trinajstić information content (AvgIpc) is 2.45. The maximum absolute atomic E-state index is 14.6. The van der Waals surface area contributed by atoms with Crippen LogP contribution in [0.25, 0.3) is 0 Å². The van der Waals surface area contributed by atoms with Gasteiger partial charge in [0.25, 0.3) is 0 Å². The fraction of sp³-hybridized carbons (Fsp3) is 0.706. The lowest BCUT2D eigenvalue weighted by Gasteiger charge is -2.38. The van der Waals surface area contributed by atoms with Gasteiger partial charge in [0.2, 0.25) is 0 Å². The highest BCUT2D eigenvalue weighted by molar-refractivity contribution is 9.10. The van der Waals surface area contributed by atoms with E-state index in [2.05, 4.69) is 25.6 Å². The molecular formula is C17H27BrF4N2O2SSi. The lowest BCUT2D eigenvalue weighted by atomic mass is 9.90. The lowest BCUT2D eigenvalue weighted by molar-refractivity contribution is -0.203. The number of pyridine rings is 1. The van der Waals surface area contributed by atoms with Crippen LogP contribution in [0.15, 0.2) is 16.7 Å².